The van der Waals surface area contributed by atoms with E-state index in [1.165, 1.54) is 16.9 Å². The van der Waals surface area contributed by atoms with Crippen molar-refractivity contribution in [2.75, 3.05) is 0 Å². The average Bonchev–Trinajstić information content (AvgIpc) is 2.31. The number of aryl methyl sites for hydroxylation is 2. The number of allylic oxidation sites excluding steroid dienone is 1. The Balaban J connectivity index is 2.98. The van der Waals surface area contributed by atoms with E-state index in [4.69, 9.17) is 0 Å². The molecule has 70 valence electrons. The average molecular weight is 244 g/mol. The van der Waals surface area contributed by atoms with Crippen LogP contribution in [0.4, 0.5) is 0 Å². The van der Waals surface area contributed by atoms with Crippen molar-refractivity contribution in [3.63, 3.8) is 0 Å². The van der Waals surface area contributed by atoms with E-state index in [-0.39, 0.29) is 10.6 Å². The zero-order chi connectivity index (χ0) is 10.0. The van der Waals surface area contributed by atoms with Gasteiger partial charge in [-0.2, -0.15) is 0 Å². The molecule has 0 aliphatic heterocycles. The molecular weight excluding hydrogens is 233 g/mol. The molecule has 0 atom stereocenters. The molecule has 0 unspecified atom stereocenters. The van der Waals surface area contributed by atoms with Gasteiger partial charge in [-0.1, -0.05) is 0 Å². The number of nitrogens with zero attached hydrogens (tertiary/aromatic N) is 1. The summed E-state index contributed by atoms with van der Waals surface area (Å²) in [6.07, 6.45) is 1.67. The van der Waals surface area contributed by atoms with Gasteiger partial charge in [-0.05, 0) is 0 Å². The quantitative estimate of drug-likeness (QED) is 0.453. The standard InChI is InChI=1S/C9H11NO2Se/c1-6-4-9(13-8(6)3)5-7(2)10(11)12/h4-5H,1-3H3. The Morgan fingerprint density at radius 3 is 2.62 bits per heavy atom. The van der Waals surface area contributed by atoms with Crippen molar-refractivity contribution in [1.82, 2.24) is 0 Å². The normalized spacial score (nSPS) is 11.8. The first-order valence-corrected chi connectivity index (χ1v) is 5.61. The molecule has 0 amide bonds. The molecule has 0 saturated heterocycles. The summed E-state index contributed by atoms with van der Waals surface area (Å²) in [5, 5.41) is 10.4. The summed E-state index contributed by atoms with van der Waals surface area (Å²) in [5.41, 5.74) is 1.47. The first kappa shape index (κ1) is 10.2. The molecule has 0 fully saturated rings. The van der Waals surface area contributed by atoms with Crippen LogP contribution in [0.15, 0.2) is 11.8 Å². The first-order valence-electron chi connectivity index (χ1n) is 3.90. The van der Waals surface area contributed by atoms with Gasteiger partial charge in [0, 0.05) is 0 Å². The predicted molar refractivity (Wildman–Crippen MR) is 53.5 cm³/mol. The Morgan fingerprint density at radius 2 is 2.23 bits per heavy atom. The molecule has 0 N–H and O–H groups in total. The fourth-order valence-corrected chi connectivity index (χ4v) is 3.11. The van der Waals surface area contributed by atoms with Gasteiger partial charge in [0.1, 0.15) is 0 Å². The van der Waals surface area contributed by atoms with E-state index in [1.807, 2.05) is 13.0 Å². The van der Waals surface area contributed by atoms with Crippen molar-refractivity contribution >= 4 is 20.6 Å². The second kappa shape index (κ2) is 3.90. The van der Waals surface area contributed by atoms with Crippen LogP contribution in [0.5, 0.6) is 0 Å². The van der Waals surface area contributed by atoms with Crippen LogP contribution in [0.2, 0.25) is 0 Å². The van der Waals surface area contributed by atoms with Gasteiger partial charge in [-0.25, -0.2) is 0 Å². The summed E-state index contributed by atoms with van der Waals surface area (Å²) in [7, 11) is 0. The van der Waals surface area contributed by atoms with Crippen molar-refractivity contribution in [1.29, 1.82) is 0 Å². The van der Waals surface area contributed by atoms with Crippen molar-refractivity contribution < 1.29 is 4.92 Å². The topological polar surface area (TPSA) is 43.1 Å². The minimum atomic E-state index is -0.347. The van der Waals surface area contributed by atoms with Gasteiger partial charge in [0.2, 0.25) is 0 Å². The molecular formula is C9H11NO2Se. The second-order valence-corrected chi connectivity index (χ2v) is 5.63. The monoisotopic (exact) mass is 245 g/mol. The van der Waals surface area contributed by atoms with E-state index in [2.05, 4.69) is 6.92 Å². The number of hydrogen-bond acceptors (Lipinski definition) is 2. The van der Waals surface area contributed by atoms with Gasteiger partial charge in [0.15, 0.2) is 0 Å². The van der Waals surface area contributed by atoms with Crippen LogP contribution in [0, 0.1) is 24.0 Å². The third-order valence-electron chi connectivity index (χ3n) is 1.82. The molecule has 0 aromatic carbocycles. The summed E-state index contributed by atoms with van der Waals surface area (Å²) < 4.78 is 2.45. The molecule has 1 aromatic heterocycles. The number of rotatable bonds is 2. The fraction of sp³-hybridized carbons (Fsp3) is 0.333. The van der Waals surface area contributed by atoms with Crippen LogP contribution < -0.4 is 0 Å². The van der Waals surface area contributed by atoms with Crippen molar-refractivity contribution in [2.45, 2.75) is 20.8 Å². The van der Waals surface area contributed by atoms with Gasteiger partial charge in [-0.15, -0.1) is 0 Å². The van der Waals surface area contributed by atoms with Gasteiger partial charge in [-0.3, -0.25) is 0 Å². The summed E-state index contributed by atoms with van der Waals surface area (Å²) in [6.45, 7) is 5.65. The molecule has 1 rings (SSSR count). The molecule has 0 saturated carbocycles. The molecule has 0 radical (unpaired) electrons. The molecule has 0 spiro atoms. The first-order chi connectivity index (χ1) is 6.00. The third-order valence-corrected chi connectivity index (χ3v) is 4.13. The van der Waals surface area contributed by atoms with Crippen LogP contribution in [-0.4, -0.2) is 19.4 Å². The van der Waals surface area contributed by atoms with Crippen molar-refractivity contribution in [3.8, 4) is 0 Å². The second-order valence-electron chi connectivity index (χ2n) is 2.93. The molecule has 1 heterocycles. The van der Waals surface area contributed by atoms with Gasteiger partial charge in [0.25, 0.3) is 0 Å². The zero-order valence-corrected chi connectivity index (χ0v) is 9.54. The van der Waals surface area contributed by atoms with Crippen LogP contribution in [0.3, 0.4) is 0 Å². The molecule has 0 aliphatic carbocycles. The van der Waals surface area contributed by atoms with E-state index < -0.39 is 0 Å². The molecule has 13 heavy (non-hydrogen) atoms. The van der Waals surface area contributed by atoms with E-state index in [1.54, 1.807) is 6.08 Å². The van der Waals surface area contributed by atoms with E-state index in [9.17, 15) is 10.1 Å². The number of hydrogen-bond donors (Lipinski definition) is 0. The van der Waals surface area contributed by atoms with Gasteiger partial charge < -0.3 is 0 Å². The molecule has 0 aliphatic rings. The summed E-state index contributed by atoms with van der Waals surface area (Å²) >= 11 is 0.293. The number of nitro groups is 1. The van der Waals surface area contributed by atoms with Crippen molar-refractivity contribution in [2.24, 2.45) is 0 Å². The maximum absolute atomic E-state index is 10.4. The van der Waals surface area contributed by atoms with Gasteiger partial charge in [0.05, 0.1) is 0 Å². The minimum absolute atomic E-state index is 0.218. The van der Waals surface area contributed by atoms with E-state index in [0.717, 1.165) is 4.44 Å². The van der Waals surface area contributed by atoms with Gasteiger partial charge >= 0.3 is 82.6 Å². The van der Waals surface area contributed by atoms with Crippen LogP contribution >= 0.6 is 0 Å². The summed E-state index contributed by atoms with van der Waals surface area (Å²) in [5.74, 6) is 0. The Morgan fingerprint density at radius 1 is 1.62 bits per heavy atom. The van der Waals surface area contributed by atoms with E-state index in [0.29, 0.717) is 14.5 Å². The SMILES string of the molecule is CC(=Cc1cc(C)c(C)[se]1)[N+](=O)[O-]. The molecule has 0 bridgehead atoms. The summed E-state index contributed by atoms with van der Waals surface area (Å²) in [4.78, 5) is 10.0. The van der Waals surface area contributed by atoms with Crippen LogP contribution in [0.25, 0.3) is 6.08 Å². The molecule has 3 nitrogen and oxygen atoms in total. The van der Waals surface area contributed by atoms with Crippen LogP contribution in [-0.2, 0) is 0 Å². The maximum atomic E-state index is 10.4. The fourth-order valence-electron chi connectivity index (χ4n) is 0.931. The van der Waals surface area contributed by atoms with E-state index >= 15 is 0 Å². The van der Waals surface area contributed by atoms with Crippen LogP contribution in [0.1, 0.15) is 21.4 Å². The summed E-state index contributed by atoms with van der Waals surface area (Å²) in [6, 6.07) is 2.03. The Labute approximate surface area is 83.0 Å². The Hall–Kier alpha value is -0.861. The third kappa shape index (κ3) is 2.54. The molecule has 4 heteroatoms. The predicted octanol–water partition coefficient (Wildman–Crippen LogP) is 2.00. The molecule has 1 aromatic rings. The zero-order valence-electron chi connectivity index (χ0n) is 7.83. The Kier molecular flexibility index (Phi) is 3.07. The Bertz CT molecular complexity index is 346. The van der Waals surface area contributed by atoms with Crippen molar-refractivity contribution in [3.05, 3.63) is 36.3 Å².